The van der Waals surface area contributed by atoms with E-state index >= 15 is 0 Å². The van der Waals surface area contributed by atoms with E-state index in [1.807, 2.05) is 11.4 Å². The summed E-state index contributed by atoms with van der Waals surface area (Å²) in [5.41, 5.74) is 5.51. The fourth-order valence-electron chi connectivity index (χ4n) is 1.50. The van der Waals surface area contributed by atoms with E-state index in [0.29, 0.717) is 17.3 Å². The summed E-state index contributed by atoms with van der Waals surface area (Å²) in [7, 11) is -1.84. The van der Waals surface area contributed by atoms with Gasteiger partial charge in [0.05, 0.1) is 0 Å². The maximum absolute atomic E-state index is 12.4. The summed E-state index contributed by atoms with van der Waals surface area (Å²) in [5, 5.41) is 1.94. The third-order valence-corrected chi connectivity index (χ3v) is 7.56. The number of halogens is 1. The van der Waals surface area contributed by atoms with Gasteiger partial charge in [0.15, 0.2) is 0 Å². The smallest absolute Gasteiger partial charge is 0.252 e. The molecule has 2 heterocycles. The van der Waals surface area contributed by atoms with E-state index in [0.717, 1.165) is 14.2 Å². The molecule has 104 valence electrons. The van der Waals surface area contributed by atoms with Crippen LogP contribution in [0.1, 0.15) is 9.75 Å². The Morgan fingerprint density at radius 3 is 2.63 bits per heavy atom. The molecule has 0 saturated heterocycles. The first kappa shape index (κ1) is 15.1. The van der Waals surface area contributed by atoms with E-state index in [4.69, 9.17) is 5.73 Å². The minimum absolute atomic E-state index is 0.339. The lowest BCUT2D eigenvalue weighted by atomic mass is 10.5. The highest BCUT2D eigenvalue weighted by Gasteiger charge is 2.23. The highest BCUT2D eigenvalue weighted by atomic mass is 79.9. The van der Waals surface area contributed by atoms with Crippen LogP contribution in [-0.2, 0) is 23.1 Å². The molecule has 8 heteroatoms. The van der Waals surface area contributed by atoms with E-state index in [2.05, 4.69) is 15.9 Å². The largest absolute Gasteiger partial charge is 0.326 e. The topological polar surface area (TPSA) is 63.4 Å². The first-order chi connectivity index (χ1) is 8.93. The molecule has 0 aliphatic rings. The van der Waals surface area contributed by atoms with Crippen LogP contribution in [0.2, 0.25) is 0 Å². The predicted molar refractivity (Wildman–Crippen MR) is 82.9 cm³/mol. The predicted octanol–water partition coefficient (Wildman–Crippen LogP) is 2.85. The van der Waals surface area contributed by atoms with Gasteiger partial charge in [-0.15, -0.1) is 22.7 Å². The Labute approximate surface area is 129 Å². The molecule has 2 N–H and O–H groups in total. The van der Waals surface area contributed by atoms with Crippen LogP contribution in [0, 0.1) is 0 Å². The molecular formula is C11H13BrN2O2S3. The Kier molecular flexibility index (Phi) is 4.80. The average molecular weight is 381 g/mol. The van der Waals surface area contributed by atoms with Crippen molar-refractivity contribution in [3.8, 4) is 0 Å². The zero-order chi connectivity index (χ0) is 14.0. The van der Waals surface area contributed by atoms with Crippen molar-refractivity contribution in [2.75, 3.05) is 7.05 Å². The standard InChI is InChI=1S/C11H13BrN2O2S3/c1-14(6-10-4-8(12)7-17-10)19(15,16)11-3-2-9(5-13)18-11/h2-4,7H,5-6,13H2,1H3. The molecule has 0 amide bonds. The van der Waals surface area contributed by atoms with Crippen molar-refractivity contribution in [1.29, 1.82) is 0 Å². The summed E-state index contributed by atoms with van der Waals surface area (Å²) < 4.78 is 27.4. The molecule has 19 heavy (non-hydrogen) atoms. The van der Waals surface area contributed by atoms with Gasteiger partial charge in [-0.1, -0.05) is 0 Å². The molecule has 0 saturated carbocycles. The van der Waals surface area contributed by atoms with Crippen molar-refractivity contribution in [2.24, 2.45) is 5.73 Å². The molecule has 0 radical (unpaired) electrons. The van der Waals surface area contributed by atoms with Crippen molar-refractivity contribution in [2.45, 2.75) is 17.3 Å². The minimum Gasteiger partial charge on any atom is -0.326 e. The van der Waals surface area contributed by atoms with Gasteiger partial charge in [-0.3, -0.25) is 0 Å². The molecule has 2 rings (SSSR count). The fourth-order valence-corrected chi connectivity index (χ4v) is 5.68. The van der Waals surface area contributed by atoms with Crippen LogP contribution in [0.5, 0.6) is 0 Å². The number of sulfonamides is 1. The molecule has 2 aromatic rings. The molecule has 0 aromatic carbocycles. The van der Waals surface area contributed by atoms with Crippen molar-refractivity contribution in [1.82, 2.24) is 4.31 Å². The highest BCUT2D eigenvalue weighted by Crippen LogP contribution is 2.27. The number of rotatable bonds is 5. The molecule has 0 atom stereocenters. The van der Waals surface area contributed by atoms with Gasteiger partial charge in [-0.2, -0.15) is 4.31 Å². The summed E-state index contributed by atoms with van der Waals surface area (Å²) in [6, 6.07) is 5.30. The lowest BCUT2D eigenvalue weighted by Crippen LogP contribution is -2.25. The Hall–Kier alpha value is -0.250. The molecule has 0 unspecified atom stereocenters. The van der Waals surface area contributed by atoms with Crippen LogP contribution < -0.4 is 5.73 Å². The van der Waals surface area contributed by atoms with Crippen LogP contribution in [0.25, 0.3) is 0 Å². The third-order valence-electron chi connectivity index (χ3n) is 2.50. The monoisotopic (exact) mass is 380 g/mol. The Morgan fingerprint density at radius 1 is 1.37 bits per heavy atom. The van der Waals surface area contributed by atoms with E-state index in [-0.39, 0.29) is 0 Å². The molecule has 0 aliphatic heterocycles. The SMILES string of the molecule is CN(Cc1cc(Br)cs1)S(=O)(=O)c1ccc(CN)s1. The van der Waals surface area contributed by atoms with Crippen LogP contribution in [0.3, 0.4) is 0 Å². The number of hydrogen-bond acceptors (Lipinski definition) is 5. The zero-order valence-corrected chi connectivity index (χ0v) is 14.2. The number of nitrogens with two attached hydrogens (primary N) is 1. The number of thiophene rings is 2. The lowest BCUT2D eigenvalue weighted by molar-refractivity contribution is 0.471. The van der Waals surface area contributed by atoms with Crippen molar-refractivity contribution < 1.29 is 8.42 Å². The summed E-state index contributed by atoms with van der Waals surface area (Å²) >= 11 is 6.11. The molecule has 4 nitrogen and oxygen atoms in total. The van der Waals surface area contributed by atoms with Gasteiger partial charge in [-0.25, -0.2) is 8.42 Å². The van der Waals surface area contributed by atoms with Crippen LogP contribution in [-0.4, -0.2) is 19.8 Å². The first-order valence-corrected chi connectivity index (χ1v) is 9.34. The Bertz CT molecular complexity index is 663. The van der Waals surface area contributed by atoms with Crippen molar-refractivity contribution in [3.05, 3.63) is 37.8 Å². The first-order valence-electron chi connectivity index (χ1n) is 5.41. The molecule has 0 aliphatic carbocycles. The molecule has 0 bridgehead atoms. The summed E-state index contributed by atoms with van der Waals surface area (Å²) in [6.07, 6.45) is 0. The fraction of sp³-hybridized carbons (Fsp3) is 0.273. The molecule has 2 aromatic heterocycles. The normalized spacial score (nSPS) is 12.2. The van der Waals surface area contributed by atoms with Crippen LogP contribution in [0.4, 0.5) is 0 Å². The van der Waals surface area contributed by atoms with E-state index < -0.39 is 10.0 Å². The lowest BCUT2D eigenvalue weighted by Gasteiger charge is -2.14. The summed E-state index contributed by atoms with van der Waals surface area (Å²) in [5.74, 6) is 0. The van der Waals surface area contributed by atoms with Gasteiger partial charge >= 0.3 is 0 Å². The van der Waals surface area contributed by atoms with E-state index in [1.54, 1.807) is 19.2 Å². The maximum atomic E-state index is 12.4. The van der Waals surface area contributed by atoms with E-state index in [9.17, 15) is 8.42 Å². The Balaban J connectivity index is 2.19. The van der Waals surface area contributed by atoms with Gasteiger partial charge < -0.3 is 5.73 Å². The highest BCUT2D eigenvalue weighted by molar-refractivity contribution is 9.10. The van der Waals surface area contributed by atoms with Crippen molar-refractivity contribution >= 4 is 48.6 Å². The van der Waals surface area contributed by atoms with Gasteiger partial charge in [0.1, 0.15) is 4.21 Å². The average Bonchev–Trinajstić information content (AvgIpc) is 2.98. The summed E-state index contributed by atoms with van der Waals surface area (Å²) in [4.78, 5) is 1.86. The van der Waals surface area contributed by atoms with Crippen molar-refractivity contribution in [3.63, 3.8) is 0 Å². The van der Waals surface area contributed by atoms with Gasteiger partial charge in [-0.05, 0) is 34.1 Å². The number of hydrogen-bond donors (Lipinski definition) is 1. The second kappa shape index (κ2) is 6.02. The second-order valence-electron chi connectivity index (χ2n) is 3.92. The molecule has 0 fully saturated rings. The maximum Gasteiger partial charge on any atom is 0.252 e. The number of nitrogens with zero attached hydrogens (tertiary/aromatic N) is 1. The molecule has 0 spiro atoms. The van der Waals surface area contributed by atoms with Gasteiger partial charge in [0.25, 0.3) is 10.0 Å². The third kappa shape index (κ3) is 3.45. The minimum atomic E-state index is -3.43. The Morgan fingerprint density at radius 2 is 2.11 bits per heavy atom. The summed E-state index contributed by atoms with van der Waals surface area (Å²) in [6.45, 7) is 0.732. The second-order valence-corrected chi connectivity index (χ2v) is 9.27. The van der Waals surface area contributed by atoms with Crippen LogP contribution >= 0.6 is 38.6 Å². The van der Waals surface area contributed by atoms with Crippen LogP contribution in [0.15, 0.2) is 32.3 Å². The quantitative estimate of drug-likeness (QED) is 0.866. The van der Waals surface area contributed by atoms with E-state index in [1.165, 1.54) is 27.0 Å². The zero-order valence-electron chi connectivity index (χ0n) is 10.2. The van der Waals surface area contributed by atoms with Gasteiger partial charge in [0.2, 0.25) is 0 Å². The molecular weight excluding hydrogens is 368 g/mol. The van der Waals surface area contributed by atoms with Gasteiger partial charge in [0, 0.05) is 39.7 Å².